The van der Waals surface area contributed by atoms with Gasteiger partial charge in [-0.15, -0.1) is 23.1 Å². The van der Waals surface area contributed by atoms with Crippen molar-refractivity contribution in [3.05, 3.63) is 58.2 Å². The molecule has 3 atom stereocenters. The molecule has 1 aromatic heterocycles. The molecule has 3 N–H and O–H groups in total. The predicted molar refractivity (Wildman–Crippen MR) is 124 cm³/mol. The zero-order valence-corrected chi connectivity index (χ0v) is 19.6. The van der Waals surface area contributed by atoms with Crippen LogP contribution in [0.25, 0.3) is 0 Å². The van der Waals surface area contributed by atoms with E-state index in [2.05, 4.69) is 15.5 Å². The number of β-lactam (4-membered cyclic amide) rings is 1. The summed E-state index contributed by atoms with van der Waals surface area (Å²) in [4.78, 5) is 60.6. The zero-order valence-electron chi connectivity index (χ0n) is 18.0. The summed E-state index contributed by atoms with van der Waals surface area (Å²) in [6.07, 6.45) is 0.350. The van der Waals surface area contributed by atoms with Crippen LogP contribution in [0.5, 0.6) is 0 Å². The number of thiazole rings is 1. The van der Waals surface area contributed by atoms with E-state index in [9.17, 15) is 19.2 Å². The van der Waals surface area contributed by atoms with Crippen LogP contribution < -0.4 is 11.1 Å². The van der Waals surface area contributed by atoms with Gasteiger partial charge < -0.3 is 25.4 Å². The minimum Gasteiger partial charge on any atom is -0.417 e. The van der Waals surface area contributed by atoms with Crippen molar-refractivity contribution < 1.29 is 33.5 Å². The number of fused-ring (bicyclic) bond motifs is 2. The number of benzene rings is 1. The fraction of sp³-hybridized carbons (Fsp3) is 0.238. The number of oxime groups is 1. The molecule has 35 heavy (non-hydrogen) atoms. The standard InChI is InChI=1S/C21H17N5O7S2/c1-31-25-13(11-8-35-21(22)23-11)15(27)24-14-16(28)26-12(6-7-34-17(14)26)19(30)33-20-10-5-3-2-4-9(10)18(29)32-20/h2-6,8,14,17,20H,7H2,1H3,(H2,22,23)(H,24,27)/b25-13-/t14-,17-,20?/m1/s1. The molecule has 1 fully saturated rings. The molecule has 0 saturated carbocycles. The molecule has 4 heterocycles. The highest BCUT2D eigenvalue weighted by atomic mass is 32.2. The SMILES string of the molecule is CO/N=C(\C(=O)N[C@@H]1C(=O)N2C(C(=O)OC3OC(=O)c4ccccc43)=CCS[C@H]12)c1csc(N)n1. The van der Waals surface area contributed by atoms with Crippen LogP contribution >= 0.6 is 23.1 Å². The average Bonchev–Trinajstić information content (AvgIpc) is 3.43. The number of carbonyl (C=O) groups is 4. The first-order valence-corrected chi connectivity index (χ1v) is 12.1. The van der Waals surface area contributed by atoms with Crippen LogP contribution in [-0.2, 0) is 28.7 Å². The van der Waals surface area contributed by atoms with E-state index in [4.69, 9.17) is 20.0 Å². The van der Waals surface area contributed by atoms with Gasteiger partial charge in [-0.1, -0.05) is 23.4 Å². The first kappa shape index (κ1) is 22.9. The molecular weight excluding hydrogens is 498 g/mol. The number of amides is 2. The van der Waals surface area contributed by atoms with Gasteiger partial charge in [-0.3, -0.25) is 14.5 Å². The van der Waals surface area contributed by atoms with Crippen molar-refractivity contribution in [1.82, 2.24) is 15.2 Å². The van der Waals surface area contributed by atoms with E-state index < -0.39 is 41.5 Å². The number of cyclic esters (lactones) is 1. The van der Waals surface area contributed by atoms with Gasteiger partial charge in [0.15, 0.2) is 10.8 Å². The molecule has 14 heteroatoms. The third kappa shape index (κ3) is 4.00. The number of nitrogens with two attached hydrogens (primary N) is 1. The molecular formula is C21H17N5O7S2. The fourth-order valence-electron chi connectivity index (χ4n) is 3.79. The van der Waals surface area contributed by atoms with E-state index in [0.29, 0.717) is 16.9 Å². The van der Waals surface area contributed by atoms with Crippen molar-refractivity contribution in [2.75, 3.05) is 18.6 Å². The van der Waals surface area contributed by atoms with Crippen LogP contribution in [0, 0.1) is 0 Å². The Morgan fingerprint density at radius 2 is 2.11 bits per heavy atom. The highest BCUT2D eigenvalue weighted by molar-refractivity contribution is 8.00. The van der Waals surface area contributed by atoms with Gasteiger partial charge in [0.1, 0.15) is 29.9 Å². The first-order valence-electron chi connectivity index (χ1n) is 10.2. The number of nitrogens with one attached hydrogen (secondary N) is 1. The van der Waals surface area contributed by atoms with Crippen molar-refractivity contribution >= 4 is 57.7 Å². The van der Waals surface area contributed by atoms with Gasteiger partial charge in [0.25, 0.3) is 18.1 Å². The van der Waals surface area contributed by atoms with Crippen LogP contribution in [-0.4, -0.2) is 63.6 Å². The average molecular weight is 516 g/mol. The van der Waals surface area contributed by atoms with Crippen LogP contribution in [0.4, 0.5) is 5.13 Å². The molecule has 1 unspecified atom stereocenters. The number of rotatable bonds is 6. The summed E-state index contributed by atoms with van der Waals surface area (Å²) in [5.41, 5.74) is 6.47. The second-order valence-corrected chi connectivity index (χ2v) is 9.44. The van der Waals surface area contributed by atoms with E-state index in [-0.39, 0.29) is 22.2 Å². The number of hydrogen-bond donors (Lipinski definition) is 2. The minimum atomic E-state index is -1.20. The highest BCUT2D eigenvalue weighted by Crippen LogP contribution is 2.39. The maximum Gasteiger partial charge on any atom is 0.358 e. The predicted octanol–water partition coefficient (Wildman–Crippen LogP) is 0.772. The topological polar surface area (TPSA) is 163 Å². The van der Waals surface area contributed by atoms with Crippen molar-refractivity contribution in [3.8, 4) is 0 Å². The summed E-state index contributed by atoms with van der Waals surface area (Å²) in [6.45, 7) is 0. The number of hydrogen-bond acceptors (Lipinski definition) is 12. The highest BCUT2D eigenvalue weighted by Gasteiger charge is 2.53. The Labute approximate surface area is 206 Å². The third-order valence-electron chi connectivity index (χ3n) is 5.37. The molecule has 1 aromatic carbocycles. The minimum absolute atomic E-state index is 0.0164. The van der Waals surface area contributed by atoms with Crippen LogP contribution in [0.2, 0.25) is 0 Å². The Balaban J connectivity index is 1.27. The largest absolute Gasteiger partial charge is 0.417 e. The summed E-state index contributed by atoms with van der Waals surface area (Å²) in [5.74, 6) is -2.19. The molecule has 12 nitrogen and oxygen atoms in total. The first-order chi connectivity index (χ1) is 16.9. The third-order valence-corrected chi connectivity index (χ3v) is 7.22. The Kier molecular flexibility index (Phi) is 5.90. The zero-order chi connectivity index (χ0) is 24.7. The normalized spacial score (nSPS) is 22.9. The quantitative estimate of drug-likeness (QED) is 0.243. The van der Waals surface area contributed by atoms with Crippen LogP contribution in [0.15, 0.2) is 46.6 Å². The maximum absolute atomic E-state index is 12.9. The van der Waals surface area contributed by atoms with Crippen LogP contribution in [0.1, 0.15) is 27.9 Å². The van der Waals surface area contributed by atoms with Gasteiger partial charge in [-0.2, -0.15) is 0 Å². The van der Waals surface area contributed by atoms with Gasteiger partial charge in [-0.25, -0.2) is 14.6 Å². The summed E-state index contributed by atoms with van der Waals surface area (Å²) in [7, 11) is 1.28. The molecule has 2 aromatic rings. The number of nitrogen functional groups attached to an aromatic ring is 1. The van der Waals surface area contributed by atoms with Crippen molar-refractivity contribution in [2.45, 2.75) is 17.7 Å². The van der Waals surface area contributed by atoms with Gasteiger partial charge in [0.2, 0.25) is 0 Å². The molecule has 2 amide bonds. The number of thioether (sulfide) groups is 1. The Hall–Kier alpha value is -3.91. The summed E-state index contributed by atoms with van der Waals surface area (Å²) in [5, 5.41) is 7.58. The number of anilines is 1. The van der Waals surface area contributed by atoms with Gasteiger partial charge in [0, 0.05) is 16.7 Å². The molecule has 1 saturated heterocycles. The van der Waals surface area contributed by atoms with E-state index >= 15 is 0 Å². The van der Waals surface area contributed by atoms with Crippen LogP contribution in [0.3, 0.4) is 0 Å². The number of esters is 2. The van der Waals surface area contributed by atoms with E-state index in [1.165, 1.54) is 23.8 Å². The molecule has 3 aliphatic rings. The van der Waals surface area contributed by atoms with E-state index in [1.54, 1.807) is 35.7 Å². The number of ether oxygens (including phenoxy) is 2. The lowest BCUT2D eigenvalue weighted by atomic mass is 10.0. The lowest BCUT2D eigenvalue weighted by molar-refractivity contribution is -0.168. The lowest BCUT2D eigenvalue weighted by Crippen LogP contribution is -2.70. The van der Waals surface area contributed by atoms with Gasteiger partial charge in [0.05, 0.1) is 5.56 Å². The second-order valence-electron chi connectivity index (χ2n) is 7.40. The Morgan fingerprint density at radius 3 is 2.86 bits per heavy atom. The maximum atomic E-state index is 12.9. The fourth-order valence-corrected chi connectivity index (χ4v) is 5.53. The van der Waals surface area contributed by atoms with Gasteiger partial charge in [-0.05, 0) is 12.1 Å². The number of nitrogens with zero attached hydrogens (tertiary/aromatic N) is 3. The number of aromatic nitrogens is 1. The van der Waals surface area contributed by atoms with Gasteiger partial charge >= 0.3 is 11.9 Å². The van der Waals surface area contributed by atoms with Crippen molar-refractivity contribution in [2.24, 2.45) is 5.16 Å². The lowest BCUT2D eigenvalue weighted by Gasteiger charge is -2.48. The number of carbonyl (C=O) groups excluding carboxylic acids is 4. The molecule has 0 spiro atoms. The Bertz CT molecular complexity index is 1310. The molecule has 3 aliphatic heterocycles. The Morgan fingerprint density at radius 1 is 1.31 bits per heavy atom. The van der Waals surface area contributed by atoms with E-state index in [0.717, 1.165) is 11.3 Å². The summed E-state index contributed by atoms with van der Waals surface area (Å²) < 4.78 is 10.6. The molecule has 0 bridgehead atoms. The molecule has 5 rings (SSSR count). The van der Waals surface area contributed by atoms with Crippen molar-refractivity contribution in [1.29, 1.82) is 0 Å². The second kappa shape index (κ2) is 9.03. The summed E-state index contributed by atoms with van der Waals surface area (Å²) >= 11 is 2.49. The summed E-state index contributed by atoms with van der Waals surface area (Å²) in [6, 6.07) is 5.66. The molecule has 180 valence electrons. The molecule has 0 aliphatic carbocycles. The van der Waals surface area contributed by atoms with E-state index in [1.807, 2.05) is 0 Å². The van der Waals surface area contributed by atoms with Crippen molar-refractivity contribution in [3.63, 3.8) is 0 Å². The smallest absolute Gasteiger partial charge is 0.358 e. The molecule has 0 radical (unpaired) electrons. The monoisotopic (exact) mass is 515 g/mol.